The van der Waals surface area contributed by atoms with Crippen molar-refractivity contribution in [2.45, 2.75) is 25.8 Å². The Balaban J connectivity index is 1.93. The molecule has 2 aromatic rings. The Morgan fingerprint density at radius 2 is 2.05 bits per heavy atom. The number of nitrogens with one attached hydrogen (secondary N) is 1. The summed E-state index contributed by atoms with van der Waals surface area (Å²) < 4.78 is 1.91. The minimum atomic E-state index is 0.315. The highest BCUT2D eigenvalue weighted by molar-refractivity contribution is 5.31. The smallest absolute Gasteiger partial charge is 0.0645 e. The molecule has 4 nitrogen and oxygen atoms in total. The van der Waals surface area contributed by atoms with Gasteiger partial charge in [-0.2, -0.15) is 5.10 Å². The molecule has 4 heteroatoms. The first kappa shape index (κ1) is 13.8. The van der Waals surface area contributed by atoms with E-state index in [1.165, 1.54) is 5.56 Å². The molecule has 0 aliphatic carbocycles. The van der Waals surface area contributed by atoms with Crippen LogP contribution in [0.3, 0.4) is 0 Å². The molecule has 1 unspecified atom stereocenters. The van der Waals surface area contributed by atoms with Crippen LogP contribution < -0.4 is 11.1 Å². The van der Waals surface area contributed by atoms with Gasteiger partial charge in [0.15, 0.2) is 0 Å². The summed E-state index contributed by atoms with van der Waals surface area (Å²) in [5.74, 6) is 0. The molecule has 1 aromatic carbocycles. The monoisotopic (exact) mass is 258 g/mol. The van der Waals surface area contributed by atoms with Crippen LogP contribution in [0.25, 0.3) is 5.69 Å². The Bertz CT molecular complexity index is 478. The minimum Gasteiger partial charge on any atom is -0.330 e. The van der Waals surface area contributed by atoms with Crippen molar-refractivity contribution in [3.8, 4) is 5.69 Å². The maximum Gasteiger partial charge on any atom is 0.0645 e. The number of rotatable bonds is 7. The standard InChI is InChI=1S/C15H22N4/c1-13(17-10-6-5-9-16)14-11-18-19(12-14)15-7-3-2-4-8-15/h2-4,7-8,11-13,17H,5-6,9-10,16H2,1H3. The van der Waals surface area contributed by atoms with E-state index in [9.17, 15) is 0 Å². The highest BCUT2D eigenvalue weighted by Crippen LogP contribution is 2.14. The molecule has 1 aromatic heterocycles. The Kier molecular flexibility index (Phi) is 5.12. The summed E-state index contributed by atoms with van der Waals surface area (Å²) in [5.41, 5.74) is 7.78. The van der Waals surface area contributed by atoms with Gasteiger partial charge in [0.25, 0.3) is 0 Å². The molecule has 0 radical (unpaired) electrons. The molecule has 1 heterocycles. The maximum atomic E-state index is 5.48. The van der Waals surface area contributed by atoms with E-state index in [1.54, 1.807) is 0 Å². The molecule has 0 spiro atoms. The third-order valence-electron chi connectivity index (χ3n) is 3.20. The minimum absolute atomic E-state index is 0.315. The summed E-state index contributed by atoms with van der Waals surface area (Å²) in [5, 5.41) is 7.90. The largest absolute Gasteiger partial charge is 0.330 e. The molecule has 0 aliphatic rings. The lowest BCUT2D eigenvalue weighted by Gasteiger charge is -2.11. The van der Waals surface area contributed by atoms with E-state index in [2.05, 4.69) is 35.7 Å². The number of nitrogens with two attached hydrogens (primary N) is 1. The van der Waals surface area contributed by atoms with Crippen molar-refractivity contribution in [3.05, 3.63) is 48.3 Å². The van der Waals surface area contributed by atoms with Gasteiger partial charge in [0, 0.05) is 17.8 Å². The van der Waals surface area contributed by atoms with E-state index < -0.39 is 0 Å². The topological polar surface area (TPSA) is 55.9 Å². The quantitative estimate of drug-likeness (QED) is 0.749. The third kappa shape index (κ3) is 3.91. The van der Waals surface area contributed by atoms with Crippen LogP contribution in [-0.4, -0.2) is 22.9 Å². The molecule has 0 saturated carbocycles. The average molecular weight is 258 g/mol. The number of aromatic nitrogens is 2. The van der Waals surface area contributed by atoms with Gasteiger partial charge in [0.1, 0.15) is 0 Å². The van der Waals surface area contributed by atoms with Gasteiger partial charge >= 0.3 is 0 Å². The van der Waals surface area contributed by atoms with Crippen molar-refractivity contribution in [1.82, 2.24) is 15.1 Å². The summed E-state index contributed by atoms with van der Waals surface area (Å²) in [4.78, 5) is 0. The second kappa shape index (κ2) is 7.07. The fourth-order valence-corrected chi connectivity index (χ4v) is 1.99. The first-order valence-electron chi connectivity index (χ1n) is 6.84. The van der Waals surface area contributed by atoms with E-state index in [0.29, 0.717) is 6.04 Å². The predicted molar refractivity (Wildman–Crippen MR) is 78.3 cm³/mol. The SMILES string of the molecule is CC(NCCCCN)c1cnn(-c2ccccc2)c1. The van der Waals surface area contributed by atoms with Crippen molar-refractivity contribution < 1.29 is 0 Å². The Morgan fingerprint density at radius 1 is 1.26 bits per heavy atom. The van der Waals surface area contributed by atoms with Crippen molar-refractivity contribution in [2.24, 2.45) is 5.73 Å². The molecule has 0 bridgehead atoms. The summed E-state index contributed by atoms with van der Waals surface area (Å²) in [6, 6.07) is 10.5. The van der Waals surface area contributed by atoms with Gasteiger partial charge in [0.2, 0.25) is 0 Å². The summed E-state index contributed by atoms with van der Waals surface area (Å²) in [7, 11) is 0. The van der Waals surface area contributed by atoms with Gasteiger partial charge in [-0.15, -0.1) is 0 Å². The van der Waals surface area contributed by atoms with E-state index in [1.807, 2.05) is 29.1 Å². The fourth-order valence-electron chi connectivity index (χ4n) is 1.99. The van der Waals surface area contributed by atoms with Gasteiger partial charge in [0.05, 0.1) is 11.9 Å². The first-order valence-corrected chi connectivity index (χ1v) is 6.84. The lowest BCUT2D eigenvalue weighted by Crippen LogP contribution is -2.20. The van der Waals surface area contributed by atoms with E-state index in [4.69, 9.17) is 5.73 Å². The van der Waals surface area contributed by atoms with Crippen LogP contribution in [0.1, 0.15) is 31.4 Å². The lowest BCUT2D eigenvalue weighted by atomic mass is 10.2. The molecule has 1 atom stereocenters. The second-order valence-electron chi connectivity index (χ2n) is 4.73. The normalized spacial score (nSPS) is 12.5. The summed E-state index contributed by atoms with van der Waals surface area (Å²) in [6.07, 6.45) is 6.19. The zero-order chi connectivity index (χ0) is 13.5. The number of unbranched alkanes of at least 4 members (excludes halogenated alkanes) is 1. The van der Waals surface area contributed by atoms with E-state index in [-0.39, 0.29) is 0 Å². The summed E-state index contributed by atoms with van der Waals surface area (Å²) >= 11 is 0. The van der Waals surface area contributed by atoms with Crippen LogP contribution >= 0.6 is 0 Å². The first-order chi connectivity index (χ1) is 9.31. The molecular weight excluding hydrogens is 236 g/mol. The zero-order valence-corrected chi connectivity index (χ0v) is 11.4. The van der Waals surface area contributed by atoms with Gasteiger partial charge in [-0.3, -0.25) is 0 Å². The molecular formula is C15H22N4. The van der Waals surface area contributed by atoms with Crippen LogP contribution in [0.5, 0.6) is 0 Å². The molecule has 0 saturated heterocycles. The van der Waals surface area contributed by atoms with Crippen molar-refractivity contribution in [3.63, 3.8) is 0 Å². The molecule has 0 fully saturated rings. The highest BCUT2D eigenvalue weighted by atomic mass is 15.3. The maximum absolute atomic E-state index is 5.48. The van der Waals surface area contributed by atoms with Crippen LogP contribution in [0, 0.1) is 0 Å². The lowest BCUT2D eigenvalue weighted by molar-refractivity contribution is 0.549. The average Bonchev–Trinajstić information content (AvgIpc) is 2.94. The number of hydrogen-bond donors (Lipinski definition) is 2. The molecule has 102 valence electrons. The van der Waals surface area contributed by atoms with Gasteiger partial charge < -0.3 is 11.1 Å². The molecule has 19 heavy (non-hydrogen) atoms. The second-order valence-corrected chi connectivity index (χ2v) is 4.73. The zero-order valence-electron chi connectivity index (χ0n) is 11.4. The van der Waals surface area contributed by atoms with Crippen molar-refractivity contribution in [2.75, 3.05) is 13.1 Å². The van der Waals surface area contributed by atoms with Crippen LogP contribution in [0.15, 0.2) is 42.7 Å². The van der Waals surface area contributed by atoms with Crippen LogP contribution in [0.4, 0.5) is 0 Å². The highest BCUT2D eigenvalue weighted by Gasteiger charge is 2.07. The molecule has 2 rings (SSSR count). The van der Waals surface area contributed by atoms with Crippen LogP contribution in [0.2, 0.25) is 0 Å². The van der Waals surface area contributed by atoms with E-state index >= 15 is 0 Å². The van der Waals surface area contributed by atoms with Crippen molar-refractivity contribution >= 4 is 0 Å². The fraction of sp³-hybridized carbons (Fsp3) is 0.400. The third-order valence-corrected chi connectivity index (χ3v) is 3.20. The Labute approximate surface area is 114 Å². The molecule has 3 N–H and O–H groups in total. The Morgan fingerprint density at radius 3 is 2.79 bits per heavy atom. The Hall–Kier alpha value is -1.65. The number of nitrogens with zero attached hydrogens (tertiary/aromatic N) is 2. The van der Waals surface area contributed by atoms with Gasteiger partial charge in [-0.05, 0) is 45.0 Å². The van der Waals surface area contributed by atoms with Gasteiger partial charge in [-0.25, -0.2) is 4.68 Å². The number of benzene rings is 1. The number of para-hydroxylation sites is 1. The molecule has 0 aliphatic heterocycles. The van der Waals surface area contributed by atoms with Crippen LogP contribution in [-0.2, 0) is 0 Å². The molecule has 0 amide bonds. The predicted octanol–water partition coefficient (Wildman–Crippen LogP) is 2.26. The van der Waals surface area contributed by atoms with E-state index in [0.717, 1.165) is 31.6 Å². The van der Waals surface area contributed by atoms with Gasteiger partial charge in [-0.1, -0.05) is 18.2 Å². The van der Waals surface area contributed by atoms with Crippen molar-refractivity contribution in [1.29, 1.82) is 0 Å². The number of hydrogen-bond acceptors (Lipinski definition) is 3. The summed E-state index contributed by atoms with van der Waals surface area (Å²) in [6.45, 7) is 3.92.